The van der Waals surface area contributed by atoms with Gasteiger partial charge in [0.1, 0.15) is 4.88 Å². The number of amides is 1. The Bertz CT molecular complexity index is 657. The van der Waals surface area contributed by atoms with Crippen LogP contribution in [0, 0.1) is 0 Å². The molecule has 0 bridgehead atoms. The van der Waals surface area contributed by atoms with Gasteiger partial charge in [-0.3, -0.25) is 4.79 Å². The van der Waals surface area contributed by atoms with Crippen LogP contribution in [0.25, 0.3) is 0 Å². The zero-order valence-corrected chi connectivity index (χ0v) is 13.2. The van der Waals surface area contributed by atoms with Gasteiger partial charge in [-0.25, -0.2) is 4.79 Å². The van der Waals surface area contributed by atoms with Gasteiger partial charge in [-0.1, -0.05) is 17.7 Å². The predicted octanol–water partition coefficient (Wildman–Crippen LogP) is 4.22. The number of thioether (sulfide) groups is 1. The standard InChI is InChI=1S/C14H12ClNO3S2/c15-9-2-1-3-10(6-9)16-13(17)4-5-20-11-7-12(14(18)19)21-8-11/h1-3,6-8H,4-5H2,(H,16,17)(H,18,19). The summed E-state index contributed by atoms with van der Waals surface area (Å²) in [5, 5.41) is 13.9. The molecule has 2 aromatic rings. The molecule has 1 aromatic carbocycles. The van der Waals surface area contributed by atoms with Crippen molar-refractivity contribution in [3.05, 3.63) is 45.6 Å². The van der Waals surface area contributed by atoms with E-state index in [0.717, 1.165) is 4.90 Å². The van der Waals surface area contributed by atoms with E-state index in [-0.39, 0.29) is 5.91 Å². The summed E-state index contributed by atoms with van der Waals surface area (Å²) < 4.78 is 0. The Kier molecular flexibility index (Phi) is 5.67. The zero-order valence-electron chi connectivity index (χ0n) is 10.8. The zero-order chi connectivity index (χ0) is 15.2. The van der Waals surface area contributed by atoms with Crippen molar-refractivity contribution < 1.29 is 14.7 Å². The number of carbonyl (C=O) groups excluding carboxylic acids is 1. The lowest BCUT2D eigenvalue weighted by Crippen LogP contribution is -2.11. The molecule has 1 heterocycles. The highest BCUT2D eigenvalue weighted by Gasteiger charge is 2.08. The highest BCUT2D eigenvalue weighted by atomic mass is 35.5. The van der Waals surface area contributed by atoms with Gasteiger partial charge in [-0.15, -0.1) is 23.1 Å². The molecule has 2 rings (SSSR count). The number of carboxylic acid groups (broad SMARTS) is 1. The quantitative estimate of drug-likeness (QED) is 0.772. The molecule has 0 spiro atoms. The summed E-state index contributed by atoms with van der Waals surface area (Å²) in [6.45, 7) is 0. The van der Waals surface area contributed by atoms with Crippen LogP contribution in [-0.4, -0.2) is 22.7 Å². The average molecular weight is 342 g/mol. The molecule has 7 heteroatoms. The van der Waals surface area contributed by atoms with E-state index in [2.05, 4.69) is 5.32 Å². The van der Waals surface area contributed by atoms with E-state index in [1.54, 1.807) is 35.7 Å². The SMILES string of the molecule is O=C(CCSc1csc(C(=O)O)c1)Nc1cccc(Cl)c1. The second-order valence-electron chi connectivity index (χ2n) is 4.11. The number of rotatable bonds is 6. The molecule has 1 aromatic heterocycles. The Morgan fingerprint density at radius 3 is 2.81 bits per heavy atom. The molecule has 2 N–H and O–H groups in total. The molecular weight excluding hydrogens is 330 g/mol. The van der Waals surface area contributed by atoms with Crippen LogP contribution in [0.1, 0.15) is 16.1 Å². The monoisotopic (exact) mass is 341 g/mol. The highest BCUT2D eigenvalue weighted by molar-refractivity contribution is 7.99. The number of halogens is 1. The molecule has 0 radical (unpaired) electrons. The first-order valence-electron chi connectivity index (χ1n) is 6.04. The summed E-state index contributed by atoms with van der Waals surface area (Å²) >= 11 is 8.48. The maximum Gasteiger partial charge on any atom is 0.345 e. The van der Waals surface area contributed by atoms with E-state index in [0.29, 0.717) is 27.8 Å². The first-order valence-corrected chi connectivity index (χ1v) is 8.29. The number of carbonyl (C=O) groups is 2. The predicted molar refractivity (Wildman–Crippen MR) is 86.7 cm³/mol. The van der Waals surface area contributed by atoms with Gasteiger partial charge in [0.15, 0.2) is 0 Å². The molecular formula is C14H12ClNO3S2. The largest absolute Gasteiger partial charge is 0.477 e. The normalized spacial score (nSPS) is 10.3. The van der Waals surface area contributed by atoms with Crippen LogP contribution in [0.5, 0.6) is 0 Å². The Labute approximate surface area is 135 Å². The Hall–Kier alpha value is -1.50. The van der Waals surface area contributed by atoms with Crippen LogP contribution in [-0.2, 0) is 4.79 Å². The molecule has 0 atom stereocenters. The van der Waals surface area contributed by atoms with Crippen molar-refractivity contribution in [1.82, 2.24) is 0 Å². The van der Waals surface area contributed by atoms with Crippen LogP contribution in [0.15, 0.2) is 40.6 Å². The molecule has 0 saturated carbocycles. The Morgan fingerprint density at radius 2 is 2.14 bits per heavy atom. The van der Waals surface area contributed by atoms with Crippen molar-refractivity contribution in [2.75, 3.05) is 11.1 Å². The minimum Gasteiger partial charge on any atom is -0.477 e. The van der Waals surface area contributed by atoms with Crippen LogP contribution in [0.4, 0.5) is 5.69 Å². The third kappa shape index (κ3) is 5.08. The van der Waals surface area contributed by atoms with Gasteiger partial charge in [-0.2, -0.15) is 0 Å². The van der Waals surface area contributed by atoms with E-state index in [1.807, 2.05) is 0 Å². The topological polar surface area (TPSA) is 66.4 Å². The number of nitrogens with one attached hydrogen (secondary N) is 1. The number of aromatic carboxylic acids is 1. The minimum atomic E-state index is -0.925. The fourth-order valence-corrected chi connectivity index (χ4v) is 3.57. The molecule has 0 aliphatic rings. The molecule has 1 amide bonds. The van der Waals surface area contributed by atoms with Gasteiger partial charge < -0.3 is 10.4 Å². The second-order valence-corrected chi connectivity index (χ2v) is 6.62. The fraction of sp³-hybridized carbons (Fsp3) is 0.143. The molecule has 0 fully saturated rings. The molecule has 110 valence electrons. The number of carboxylic acids is 1. The minimum absolute atomic E-state index is 0.0987. The Balaban J connectivity index is 1.77. The van der Waals surface area contributed by atoms with E-state index in [1.165, 1.54) is 23.1 Å². The molecule has 0 aliphatic heterocycles. The number of thiophene rings is 1. The highest BCUT2D eigenvalue weighted by Crippen LogP contribution is 2.25. The summed E-state index contributed by atoms with van der Waals surface area (Å²) in [4.78, 5) is 23.7. The lowest BCUT2D eigenvalue weighted by Gasteiger charge is -2.05. The van der Waals surface area contributed by atoms with Crippen molar-refractivity contribution >= 4 is 52.3 Å². The average Bonchev–Trinajstić information content (AvgIpc) is 2.87. The van der Waals surface area contributed by atoms with E-state index in [4.69, 9.17) is 16.7 Å². The van der Waals surface area contributed by atoms with Crippen molar-refractivity contribution in [2.24, 2.45) is 0 Å². The van der Waals surface area contributed by atoms with Gasteiger partial charge >= 0.3 is 5.97 Å². The second kappa shape index (κ2) is 7.49. The van der Waals surface area contributed by atoms with Crippen LogP contribution >= 0.6 is 34.7 Å². The summed E-state index contributed by atoms with van der Waals surface area (Å²) in [7, 11) is 0. The molecule has 0 aliphatic carbocycles. The third-order valence-electron chi connectivity index (χ3n) is 2.49. The van der Waals surface area contributed by atoms with Gasteiger partial charge in [0, 0.05) is 33.2 Å². The fourth-order valence-electron chi connectivity index (χ4n) is 1.56. The van der Waals surface area contributed by atoms with Gasteiger partial charge in [-0.05, 0) is 24.3 Å². The van der Waals surface area contributed by atoms with Gasteiger partial charge in [0.25, 0.3) is 0 Å². The van der Waals surface area contributed by atoms with Crippen LogP contribution in [0.2, 0.25) is 5.02 Å². The summed E-state index contributed by atoms with van der Waals surface area (Å²) in [5.74, 6) is -0.439. The smallest absolute Gasteiger partial charge is 0.345 e. The first-order chi connectivity index (χ1) is 10.0. The van der Waals surface area contributed by atoms with Crippen molar-refractivity contribution in [2.45, 2.75) is 11.3 Å². The lowest BCUT2D eigenvalue weighted by atomic mass is 10.3. The molecule has 0 unspecified atom stereocenters. The number of hydrogen-bond acceptors (Lipinski definition) is 4. The third-order valence-corrected chi connectivity index (χ3v) is 4.77. The molecule has 0 saturated heterocycles. The van der Waals surface area contributed by atoms with Crippen molar-refractivity contribution in [3.8, 4) is 0 Å². The summed E-state index contributed by atoms with van der Waals surface area (Å²) in [6, 6.07) is 8.58. The molecule has 21 heavy (non-hydrogen) atoms. The van der Waals surface area contributed by atoms with Crippen molar-refractivity contribution in [3.63, 3.8) is 0 Å². The van der Waals surface area contributed by atoms with E-state index in [9.17, 15) is 9.59 Å². The van der Waals surface area contributed by atoms with E-state index >= 15 is 0 Å². The number of anilines is 1. The van der Waals surface area contributed by atoms with Crippen LogP contribution < -0.4 is 5.32 Å². The lowest BCUT2D eigenvalue weighted by molar-refractivity contribution is -0.115. The Morgan fingerprint density at radius 1 is 1.33 bits per heavy atom. The number of benzene rings is 1. The van der Waals surface area contributed by atoms with Crippen molar-refractivity contribution in [1.29, 1.82) is 0 Å². The van der Waals surface area contributed by atoms with E-state index < -0.39 is 5.97 Å². The maximum atomic E-state index is 11.8. The van der Waals surface area contributed by atoms with Gasteiger partial charge in [0.2, 0.25) is 5.91 Å². The summed E-state index contributed by atoms with van der Waals surface area (Å²) in [6.07, 6.45) is 0.343. The molecule has 4 nitrogen and oxygen atoms in total. The summed E-state index contributed by atoms with van der Waals surface area (Å²) in [5.41, 5.74) is 0.668. The first kappa shape index (κ1) is 15.9. The number of hydrogen-bond donors (Lipinski definition) is 2. The van der Waals surface area contributed by atoms with Crippen LogP contribution in [0.3, 0.4) is 0 Å². The maximum absolute atomic E-state index is 11.8. The van der Waals surface area contributed by atoms with Gasteiger partial charge in [0.05, 0.1) is 0 Å².